The molecule has 2 aliphatic rings. The Morgan fingerprint density at radius 1 is 1.08 bits per heavy atom. The van der Waals surface area contributed by atoms with Crippen LogP contribution in [0.25, 0.3) is 0 Å². The topological polar surface area (TPSA) is 80.8 Å². The second-order valence-electron chi connectivity index (χ2n) is 6.57. The fraction of sp³-hybridized carbons (Fsp3) is 0.625. The Labute approximate surface area is 143 Å². The van der Waals surface area contributed by atoms with Gasteiger partial charge in [0, 0.05) is 13.1 Å². The van der Waals surface area contributed by atoms with Gasteiger partial charge in [-0.3, -0.25) is 0 Å². The van der Waals surface area contributed by atoms with Gasteiger partial charge < -0.3 is 4.74 Å². The monoisotopic (exact) mass is 373 g/mol. The minimum atomic E-state index is -3.70. The molecule has 1 atom stereocenters. The van der Waals surface area contributed by atoms with Crippen LogP contribution in [-0.2, 0) is 19.9 Å². The zero-order valence-electron chi connectivity index (χ0n) is 13.7. The van der Waals surface area contributed by atoms with Gasteiger partial charge in [0.1, 0.15) is 5.75 Å². The van der Waals surface area contributed by atoms with Crippen LogP contribution in [-0.4, -0.2) is 51.8 Å². The number of nitrogens with zero attached hydrogens (tertiary/aromatic N) is 1. The van der Waals surface area contributed by atoms with Gasteiger partial charge in [-0.15, -0.1) is 0 Å². The van der Waals surface area contributed by atoms with Crippen molar-refractivity contribution in [2.24, 2.45) is 0 Å². The number of rotatable bonds is 5. The molecule has 0 amide bonds. The van der Waals surface area contributed by atoms with Crippen molar-refractivity contribution in [3.05, 3.63) is 24.3 Å². The number of hydrogen-bond acceptors (Lipinski definition) is 5. The maximum absolute atomic E-state index is 12.7. The van der Waals surface area contributed by atoms with Crippen molar-refractivity contribution in [1.29, 1.82) is 0 Å². The van der Waals surface area contributed by atoms with E-state index in [0.29, 0.717) is 12.2 Å². The molecule has 1 aromatic carbocycles. The third-order valence-corrected chi connectivity index (χ3v) is 8.50. The lowest BCUT2D eigenvalue weighted by Gasteiger charge is -2.23. The zero-order chi connectivity index (χ0) is 17.4. The first-order chi connectivity index (χ1) is 11.3. The Morgan fingerprint density at radius 2 is 1.71 bits per heavy atom. The summed E-state index contributed by atoms with van der Waals surface area (Å²) in [6.45, 7) is 0. The number of ether oxygens (including phenoxy) is 1. The number of sulfonamides is 1. The van der Waals surface area contributed by atoms with Gasteiger partial charge in [-0.05, 0) is 56.4 Å². The summed E-state index contributed by atoms with van der Waals surface area (Å²) in [4.78, 5) is 0.160. The minimum absolute atomic E-state index is 0.0473. The van der Waals surface area contributed by atoms with Gasteiger partial charge in [0.15, 0.2) is 9.84 Å². The molecule has 3 rings (SSSR count). The van der Waals surface area contributed by atoms with Crippen LogP contribution in [0, 0.1) is 0 Å². The molecule has 1 aliphatic carbocycles. The Hall–Kier alpha value is -1.12. The van der Waals surface area contributed by atoms with Crippen LogP contribution in [0.1, 0.15) is 32.1 Å². The van der Waals surface area contributed by atoms with E-state index in [4.69, 9.17) is 4.74 Å². The lowest BCUT2D eigenvalue weighted by atomic mass is 10.3. The summed E-state index contributed by atoms with van der Waals surface area (Å²) in [7, 11) is -5.38. The summed E-state index contributed by atoms with van der Waals surface area (Å²) < 4.78 is 55.5. The molecule has 8 heteroatoms. The fourth-order valence-corrected chi connectivity index (χ4v) is 6.57. The van der Waals surface area contributed by atoms with Crippen molar-refractivity contribution >= 4 is 19.9 Å². The molecule has 1 saturated heterocycles. The molecule has 134 valence electrons. The summed E-state index contributed by atoms with van der Waals surface area (Å²) in [5.41, 5.74) is 0. The molecular weight excluding hydrogens is 350 g/mol. The minimum Gasteiger partial charge on any atom is -0.490 e. The first-order valence-corrected chi connectivity index (χ1v) is 11.5. The summed E-state index contributed by atoms with van der Waals surface area (Å²) in [6, 6.07) is 5.91. The normalized spacial score (nSPS) is 24.5. The van der Waals surface area contributed by atoms with Crippen molar-refractivity contribution in [1.82, 2.24) is 4.31 Å². The van der Waals surface area contributed by atoms with Crippen molar-refractivity contribution in [2.75, 3.05) is 18.6 Å². The van der Waals surface area contributed by atoms with Gasteiger partial charge in [-0.25, -0.2) is 16.8 Å². The number of benzene rings is 1. The first kappa shape index (κ1) is 17.7. The average Bonchev–Trinajstić information content (AvgIpc) is 3.16. The van der Waals surface area contributed by atoms with Crippen molar-refractivity contribution in [3.8, 4) is 5.75 Å². The van der Waals surface area contributed by atoms with Gasteiger partial charge in [0.2, 0.25) is 10.0 Å². The number of hydrogen-bond donors (Lipinski definition) is 0. The molecule has 0 spiro atoms. The second kappa shape index (κ2) is 6.65. The molecule has 1 aliphatic heterocycles. The molecule has 1 saturated carbocycles. The predicted molar refractivity (Wildman–Crippen MR) is 91.3 cm³/mol. The lowest BCUT2D eigenvalue weighted by molar-refractivity contribution is 0.210. The van der Waals surface area contributed by atoms with Crippen LogP contribution in [0.4, 0.5) is 0 Å². The molecular formula is C16H23NO5S2. The molecule has 2 fully saturated rings. The van der Waals surface area contributed by atoms with Crippen LogP contribution in [0.3, 0.4) is 0 Å². The van der Waals surface area contributed by atoms with Crippen LogP contribution < -0.4 is 4.74 Å². The maximum atomic E-state index is 12.7. The van der Waals surface area contributed by atoms with Crippen molar-refractivity contribution in [2.45, 2.75) is 49.1 Å². The molecule has 0 N–H and O–H groups in total. The smallest absolute Gasteiger partial charge is 0.243 e. The quantitative estimate of drug-likeness (QED) is 0.786. The van der Waals surface area contributed by atoms with E-state index in [1.807, 2.05) is 0 Å². The molecule has 24 heavy (non-hydrogen) atoms. The van der Waals surface area contributed by atoms with Crippen molar-refractivity contribution < 1.29 is 21.6 Å². The van der Waals surface area contributed by atoms with Crippen LogP contribution in [0.2, 0.25) is 0 Å². The van der Waals surface area contributed by atoms with E-state index in [1.165, 1.54) is 36.3 Å². The molecule has 1 aromatic rings. The highest BCUT2D eigenvalue weighted by Crippen LogP contribution is 2.27. The van der Waals surface area contributed by atoms with Gasteiger partial charge in [0.05, 0.1) is 22.5 Å². The van der Waals surface area contributed by atoms with Gasteiger partial charge in [-0.2, -0.15) is 4.31 Å². The van der Waals surface area contributed by atoms with Crippen LogP contribution in [0.5, 0.6) is 5.75 Å². The van der Waals surface area contributed by atoms with Crippen LogP contribution in [0.15, 0.2) is 29.2 Å². The summed E-state index contributed by atoms with van der Waals surface area (Å²) in [5, 5.41) is 0. The standard InChI is InChI=1S/C16H23NO5S2/c1-17(13-10-11-23(18,19)12-13)24(20,21)16-8-6-15(7-9-16)22-14-4-2-3-5-14/h6-9,13-14H,2-5,10-12H2,1H3. The molecule has 0 radical (unpaired) electrons. The van der Waals surface area contributed by atoms with E-state index in [-0.39, 0.29) is 22.5 Å². The molecule has 1 heterocycles. The van der Waals surface area contributed by atoms with Gasteiger partial charge >= 0.3 is 0 Å². The van der Waals surface area contributed by atoms with Gasteiger partial charge in [0.25, 0.3) is 0 Å². The third kappa shape index (κ3) is 3.75. The highest BCUT2D eigenvalue weighted by Gasteiger charge is 2.36. The fourth-order valence-electron chi connectivity index (χ4n) is 3.31. The van der Waals surface area contributed by atoms with E-state index in [2.05, 4.69) is 0 Å². The predicted octanol–water partition coefficient (Wildman–Crippen LogP) is 1.82. The Kier molecular flexibility index (Phi) is 4.90. The van der Waals surface area contributed by atoms with E-state index < -0.39 is 25.9 Å². The summed E-state index contributed by atoms with van der Waals surface area (Å²) >= 11 is 0. The van der Waals surface area contributed by atoms with Crippen molar-refractivity contribution in [3.63, 3.8) is 0 Å². The SMILES string of the molecule is CN(C1CCS(=O)(=O)C1)S(=O)(=O)c1ccc(OC2CCCC2)cc1. The highest BCUT2D eigenvalue weighted by atomic mass is 32.2. The number of sulfone groups is 1. The molecule has 6 nitrogen and oxygen atoms in total. The maximum Gasteiger partial charge on any atom is 0.243 e. The van der Waals surface area contributed by atoms with E-state index in [0.717, 1.165) is 12.8 Å². The molecule has 0 bridgehead atoms. The second-order valence-corrected chi connectivity index (χ2v) is 10.8. The lowest BCUT2D eigenvalue weighted by Crippen LogP contribution is -2.37. The average molecular weight is 373 g/mol. The van der Waals surface area contributed by atoms with Gasteiger partial charge in [-0.1, -0.05) is 0 Å². The molecule has 0 aromatic heterocycles. The van der Waals surface area contributed by atoms with Crippen LogP contribution >= 0.6 is 0 Å². The van der Waals surface area contributed by atoms with E-state index in [9.17, 15) is 16.8 Å². The first-order valence-electron chi connectivity index (χ1n) is 8.23. The highest BCUT2D eigenvalue weighted by molar-refractivity contribution is 7.92. The Morgan fingerprint density at radius 3 is 2.25 bits per heavy atom. The van der Waals surface area contributed by atoms with E-state index in [1.54, 1.807) is 12.1 Å². The third-order valence-electron chi connectivity index (χ3n) is 4.83. The summed E-state index contributed by atoms with van der Waals surface area (Å²) in [5.74, 6) is 0.615. The summed E-state index contributed by atoms with van der Waals surface area (Å²) in [6.07, 6.45) is 5.00. The Bertz CT molecular complexity index is 780. The largest absolute Gasteiger partial charge is 0.490 e. The zero-order valence-corrected chi connectivity index (χ0v) is 15.4. The Balaban J connectivity index is 1.72. The van der Waals surface area contributed by atoms with E-state index >= 15 is 0 Å². The molecule has 1 unspecified atom stereocenters.